The summed E-state index contributed by atoms with van der Waals surface area (Å²) in [6.45, 7) is 4.81. The van der Waals surface area contributed by atoms with E-state index >= 15 is 0 Å². The Balaban J connectivity index is 1.46. The van der Waals surface area contributed by atoms with Crippen LogP contribution in [0.1, 0.15) is 46.9 Å². The Morgan fingerprint density at radius 3 is 2.56 bits per heavy atom. The lowest BCUT2D eigenvalue weighted by Crippen LogP contribution is -2.46. The molecule has 0 aliphatic carbocycles. The van der Waals surface area contributed by atoms with Crippen LogP contribution in [0.15, 0.2) is 54.6 Å². The molecule has 7 heteroatoms. The summed E-state index contributed by atoms with van der Waals surface area (Å²) in [6, 6.07) is 16.9. The number of aromatic nitrogens is 1. The van der Waals surface area contributed by atoms with Gasteiger partial charge in [-0.2, -0.15) is 4.65 Å². The second kappa shape index (κ2) is 9.91. The molecule has 34 heavy (non-hydrogen) atoms. The number of carboxylic acid groups (broad SMARTS) is 1. The van der Waals surface area contributed by atoms with Crippen LogP contribution >= 0.6 is 0 Å². The minimum absolute atomic E-state index is 0.110. The van der Waals surface area contributed by atoms with Gasteiger partial charge in [-0.15, -0.1) is 0 Å². The molecule has 3 atom stereocenters. The maximum absolute atomic E-state index is 12.9. The lowest BCUT2D eigenvalue weighted by Gasteiger charge is -2.24. The predicted octanol–water partition coefficient (Wildman–Crippen LogP) is 3.95. The average molecular weight is 463 g/mol. The fraction of sp³-hybridized carbons (Fsp3) is 0.370. The van der Waals surface area contributed by atoms with E-state index in [-0.39, 0.29) is 23.6 Å². The number of para-hydroxylation sites is 1. The molecular formula is C27H32N3O4+. The Morgan fingerprint density at radius 2 is 1.85 bits per heavy atom. The van der Waals surface area contributed by atoms with Gasteiger partial charge in [0, 0.05) is 16.6 Å². The Labute approximate surface area is 199 Å². The van der Waals surface area contributed by atoms with Crippen LogP contribution in [0.2, 0.25) is 0 Å². The molecule has 1 aliphatic rings. The number of carboxylic acids is 1. The SMILES string of the molecule is CCCC[N+]1(O)C[C@H](C(=O)O)[C@H](NC(=O)c2ccc(Cc3cc(C)nc4ccccc34)cc2)C1. The van der Waals surface area contributed by atoms with Crippen LogP contribution < -0.4 is 5.32 Å². The highest BCUT2D eigenvalue weighted by Crippen LogP contribution is 2.25. The zero-order valence-electron chi connectivity index (χ0n) is 19.7. The second-order valence-corrected chi connectivity index (χ2v) is 9.38. The quantitative estimate of drug-likeness (QED) is 0.440. The largest absolute Gasteiger partial charge is 0.481 e. The van der Waals surface area contributed by atoms with E-state index in [0.717, 1.165) is 41.4 Å². The van der Waals surface area contributed by atoms with E-state index in [0.29, 0.717) is 12.1 Å². The summed E-state index contributed by atoms with van der Waals surface area (Å²) in [4.78, 5) is 29.2. The minimum Gasteiger partial charge on any atom is -0.481 e. The van der Waals surface area contributed by atoms with Crippen molar-refractivity contribution in [2.75, 3.05) is 19.6 Å². The molecule has 1 amide bonds. The summed E-state index contributed by atoms with van der Waals surface area (Å²) >= 11 is 0. The van der Waals surface area contributed by atoms with Crippen LogP contribution in [0.25, 0.3) is 10.9 Å². The van der Waals surface area contributed by atoms with Gasteiger partial charge in [0.1, 0.15) is 25.6 Å². The number of amides is 1. The van der Waals surface area contributed by atoms with Gasteiger partial charge in [0.2, 0.25) is 0 Å². The standard InChI is InChI=1S/C27H31N3O4/c1-3-4-13-30(34)16-23(27(32)33)25(17-30)29-26(31)20-11-9-19(10-12-20)15-21-14-18(2)28-24-8-6-5-7-22(21)24/h5-12,14,23,25,34H,3-4,13,15-17H2,1-2H3,(H-,29,31,32,33)/p+1/t23-,25+,30?/m0/s1. The van der Waals surface area contributed by atoms with E-state index in [1.54, 1.807) is 12.1 Å². The number of nitrogens with one attached hydrogen (secondary N) is 1. The van der Waals surface area contributed by atoms with Gasteiger partial charge >= 0.3 is 5.97 Å². The molecule has 4 rings (SSSR count). The number of carbonyl (C=O) groups excluding carboxylic acids is 1. The third kappa shape index (κ3) is 5.26. The fourth-order valence-electron chi connectivity index (χ4n) is 4.88. The van der Waals surface area contributed by atoms with Crippen LogP contribution in [0.5, 0.6) is 0 Å². The summed E-state index contributed by atoms with van der Waals surface area (Å²) in [6.07, 6.45) is 2.44. The highest BCUT2D eigenvalue weighted by Gasteiger charge is 2.49. The summed E-state index contributed by atoms with van der Waals surface area (Å²) in [5.41, 5.74) is 4.66. The highest BCUT2D eigenvalue weighted by atomic mass is 16.5. The maximum Gasteiger partial charge on any atom is 0.314 e. The number of aryl methyl sites for hydroxylation is 1. The second-order valence-electron chi connectivity index (χ2n) is 9.38. The van der Waals surface area contributed by atoms with E-state index < -0.39 is 17.9 Å². The number of hydrogen-bond donors (Lipinski definition) is 3. The molecule has 3 N–H and O–H groups in total. The molecule has 0 bridgehead atoms. The number of unbranched alkanes of at least 4 members (excludes halogenated alkanes) is 1. The third-order valence-electron chi connectivity index (χ3n) is 6.66. The van der Waals surface area contributed by atoms with Crippen molar-refractivity contribution in [1.82, 2.24) is 10.3 Å². The molecule has 1 aliphatic heterocycles. The van der Waals surface area contributed by atoms with Gasteiger partial charge in [0.05, 0.1) is 11.6 Å². The van der Waals surface area contributed by atoms with Gasteiger partial charge in [0.15, 0.2) is 0 Å². The summed E-state index contributed by atoms with van der Waals surface area (Å²) in [7, 11) is 0. The molecule has 0 spiro atoms. The molecule has 1 aromatic heterocycles. The van der Waals surface area contributed by atoms with E-state index in [4.69, 9.17) is 0 Å². The van der Waals surface area contributed by atoms with E-state index in [1.165, 1.54) is 5.56 Å². The number of likely N-dealkylation sites (tertiary alicyclic amines) is 1. The lowest BCUT2D eigenvalue weighted by molar-refractivity contribution is -1.09. The molecule has 178 valence electrons. The van der Waals surface area contributed by atoms with E-state index in [2.05, 4.69) is 22.4 Å². The summed E-state index contributed by atoms with van der Waals surface area (Å²) in [5.74, 6) is -2.13. The molecule has 2 aromatic carbocycles. The first-order valence-corrected chi connectivity index (χ1v) is 11.8. The number of rotatable bonds is 8. The Hall–Kier alpha value is -3.29. The Kier molecular flexibility index (Phi) is 6.95. The van der Waals surface area contributed by atoms with Gasteiger partial charge in [0.25, 0.3) is 5.91 Å². The van der Waals surface area contributed by atoms with Gasteiger partial charge in [-0.05, 0) is 55.2 Å². The van der Waals surface area contributed by atoms with Crippen LogP contribution in [-0.4, -0.2) is 57.5 Å². The van der Waals surface area contributed by atoms with Crippen molar-refractivity contribution in [2.24, 2.45) is 5.92 Å². The molecular weight excluding hydrogens is 430 g/mol. The molecule has 7 nitrogen and oxygen atoms in total. The highest BCUT2D eigenvalue weighted by molar-refractivity contribution is 5.94. The first kappa shape index (κ1) is 23.9. The fourth-order valence-corrected chi connectivity index (χ4v) is 4.88. The summed E-state index contributed by atoms with van der Waals surface area (Å²) < 4.78 is -0.312. The van der Waals surface area contributed by atoms with Crippen LogP contribution in [0.4, 0.5) is 0 Å². The minimum atomic E-state index is -0.994. The summed E-state index contributed by atoms with van der Waals surface area (Å²) in [5, 5.41) is 24.4. The molecule has 1 saturated heterocycles. The van der Waals surface area contributed by atoms with Crippen molar-refractivity contribution in [1.29, 1.82) is 0 Å². The van der Waals surface area contributed by atoms with Crippen LogP contribution in [-0.2, 0) is 11.2 Å². The van der Waals surface area contributed by atoms with Crippen molar-refractivity contribution in [2.45, 2.75) is 39.2 Å². The zero-order chi connectivity index (χ0) is 24.3. The lowest BCUT2D eigenvalue weighted by atomic mass is 9.99. The van der Waals surface area contributed by atoms with Crippen LogP contribution in [0.3, 0.4) is 0 Å². The van der Waals surface area contributed by atoms with Crippen molar-refractivity contribution < 1.29 is 24.5 Å². The first-order chi connectivity index (χ1) is 16.3. The number of benzene rings is 2. The zero-order valence-corrected chi connectivity index (χ0v) is 19.7. The van der Waals surface area contributed by atoms with Crippen molar-refractivity contribution in [3.05, 3.63) is 77.0 Å². The molecule has 2 heterocycles. The molecule has 3 aromatic rings. The number of pyridine rings is 1. The van der Waals surface area contributed by atoms with Crippen molar-refractivity contribution >= 4 is 22.8 Å². The first-order valence-electron chi connectivity index (χ1n) is 11.8. The molecule has 0 saturated carbocycles. The number of fused-ring (bicyclic) bond motifs is 1. The normalized spacial score (nSPS) is 22.1. The number of quaternary nitrogens is 1. The van der Waals surface area contributed by atoms with Crippen LogP contribution in [0, 0.1) is 12.8 Å². The molecule has 0 radical (unpaired) electrons. The number of nitrogens with zero attached hydrogens (tertiary/aromatic N) is 2. The predicted molar refractivity (Wildman–Crippen MR) is 130 cm³/mol. The maximum atomic E-state index is 12.9. The average Bonchev–Trinajstić information content (AvgIpc) is 3.14. The van der Waals surface area contributed by atoms with E-state index in [1.807, 2.05) is 44.2 Å². The monoisotopic (exact) mass is 462 g/mol. The van der Waals surface area contributed by atoms with E-state index in [9.17, 15) is 19.9 Å². The molecule has 1 fully saturated rings. The van der Waals surface area contributed by atoms with Gasteiger partial charge < -0.3 is 10.4 Å². The Bertz CT molecular complexity index is 1190. The number of carbonyl (C=O) groups is 2. The number of hydroxylamine groups is 3. The van der Waals surface area contributed by atoms with Gasteiger partial charge in [-0.1, -0.05) is 43.7 Å². The van der Waals surface area contributed by atoms with Gasteiger partial charge in [-0.25, -0.2) is 5.21 Å². The molecule has 1 unspecified atom stereocenters. The van der Waals surface area contributed by atoms with Gasteiger partial charge in [-0.3, -0.25) is 14.6 Å². The Morgan fingerprint density at radius 1 is 1.12 bits per heavy atom. The van der Waals surface area contributed by atoms with Crippen molar-refractivity contribution in [3.63, 3.8) is 0 Å². The third-order valence-corrected chi connectivity index (χ3v) is 6.66. The smallest absolute Gasteiger partial charge is 0.314 e. The number of hydrogen-bond acceptors (Lipinski definition) is 4. The number of aliphatic carboxylic acids is 1. The topological polar surface area (TPSA) is 99.5 Å². The van der Waals surface area contributed by atoms with Crippen molar-refractivity contribution in [3.8, 4) is 0 Å².